The molecule has 5 rings (SSSR count). The van der Waals surface area contributed by atoms with E-state index in [0.29, 0.717) is 48.3 Å². The van der Waals surface area contributed by atoms with Crippen molar-refractivity contribution in [3.05, 3.63) is 142 Å². The van der Waals surface area contributed by atoms with Gasteiger partial charge in [-0.05, 0) is 79.3 Å². The van der Waals surface area contributed by atoms with Crippen LogP contribution in [0, 0.1) is 6.92 Å². The molecule has 280 valence electrons. The number of fused-ring (bicyclic) bond motifs is 1. The number of unbranched alkanes of at least 4 members (excludes halogenated alkanes) is 1. The van der Waals surface area contributed by atoms with Gasteiger partial charge < -0.3 is 35.6 Å². The van der Waals surface area contributed by atoms with Gasteiger partial charge in [-0.15, -0.1) is 0 Å². The Kier molecular flexibility index (Phi) is 13.9. The molecule has 2 atom stereocenters. The SMILES string of the molecule is Cc1cc(=O)oc2cc(NC(=O)OCc3ccc(NC(=O)[C@H](CCCCN)NC(=O)[C@H](Cc4ccccc4)NC(=O)OCc4ccccc4)cc3)ccc12. The van der Waals surface area contributed by atoms with Crippen LogP contribution in [-0.4, -0.2) is 42.6 Å². The highest BCUT2D eigenvalue weighted by molar-refractivity contribution is 5.98. The van der Waals surface area contributed by atoms with Crippen molar-refractivity contribution in [2.75, 3.05) is 17.2 Å². The van der Waals surface area contributed by atoms with Crippen molar-refractivity contribution in [1.82, 2.24) is 10.6 Å². The van der Waals surface area contributed by atoms with E-state index in [4.69, 9.17) is 19.6 Å². The van der Waals surface area contributed by atoms with E-state index in [2.05, 4.69) is 21.3 Å². The molecule has 0 aliphatic carbocycles. The maximum absolute atomic E-state index is 13.7. The number of carbonyl (C=O) groups is 4. The molecule has 13 nitrogen and oxygen atoms in total. The maximum atomic E-state index is 13.7. The fraction of sp³-hybridized carbons (Fsp3) is 0.244. The number of rotatable bonds is 16. The number of nitrogens with one attached hydrogen (secondary N) is 4. The summed E-state index contributed by atoms with van der Waals surface area (Å²) in [4.78, 5) is 64.2. The first-order chi connectivity index (χ1) is 26.2. The molecule has 0 fully saturated rings. The molecule has 54 heavy (non-hydrogen) atoms. The summed E-state index contributed by atoms with van der Waals surface area (Å²) in [5.74, 6) is -0.993. The lowest BCUT2D eigenvalue weighted by Crippen LogP contribution is -2.53. The lowest BCUT2D eigenvalue weighted by molar-refractivity contribution is -0.128. The zero-order chi connectivity index (χ0) is 38.3. The number of carbonyl (C=O) groups excluding carboxylic acids is 4. The first-order valence-corrected chi connectivity index (χ1v) is 17.6. The first kappa shape index (κ1) is 38.8. The zero-order valence-electron chi connectivity index (χ0n) is 29.8. The van der Waals surface area contributed by atoms with Crippen LogP contribution >= 0.6 is 0 Å². The Labute approximate surface area is 312 Å². The van der Waals surface area contributed by atoms with Crippen molar-refractivity contribution in [2.24, 2.45) is 5.73 Å². The van der Waals surface area contributed by atoms with Crippen molar-refractivity contribution in [3.8, 4) is 0 Å². The van der Waals surface area contributed by atoms with Crippen LogP contribution in [0.5, 0.6) is 0 Å². The number of alkyl carbamates (subject to hydrolysis) is 1. The van der Waals surface area contributed by atoms with Gasteiger partial charge in [0, 0.05) is 35.3 Å². The molecule has 0 saturated heterocycles. The van der Waals surface area contributed by atoms with E-state index in [1.807, 2.05) is 60.7 Å². The highest BCUT2D eigenvalue weighted by Gasteiger charge is 2.27. The Balaban J connectivity index is 1.17. The largest absolute Gasteiger partial charge is 0.445 e. The number of amides is 4. The van der Waals surface area contributed by atoms with Crippen LogP contribution in [0.2, 0.25) is 0 Å². The topological polar surface area (TPSA) is 191 Å². The molecule has 0 aliphatic heterocycles. The molecule has 4 amide bonds. The summed E-state index contributed by atoms with van der Waals surface area (Å²) in [5, 5.41) is 11.7. The fourth-order valence-electron chi connectivity index (χ4n) is 5.62. The van der Waals surface area contributed by atoms with Crippen LogP contribution < -0.4 is 32.6 Å². The van der Waals surface area contributed by atoms with Crippen LogP contribution in [0.15, 0.2) is 118 Å². The standard InChI is InChI=1S/C41H43N5O8/c1-27-22-37(47)54-36-24-32(19-20-33(27)36)44-40(50)52-26-30-15-17-31(18-16-30)43-38(48)34(14-8-9-21-42)45-39(49)35(23-28-10-4-2-5-11-28)46-41(51)53-25-29-12-6-3-7-13-29/h2-7,10-13,15-20,22,24,34-35H,8-9,14,21,23,25-26,42H2,1H3,(H,43,48)(H,44,50)(H,45,49)(H,46,51)/t34-,35-/m0/s1. The van der Waals surface area contributed by atoms with E-state index in [1.54, 1.807) is 49.4 Å². The van der Waals surface area contributed by atoms with Crippen molar-refractivity contribution in [3.63, 3.8) is 0 Å². The molecule has 6 N–H and O–H groups in total. The summed E-state index contributed by atoms with van der Waals surface area (Å²) < 4.78 is 16.0. The van der Waals surface area contributed by atoms with Gasteiger partial charge in [0.1, 0.15) is 30.9 Å². The quantitative estimate of drug-likeness (QED) is 0.0603. The van der Waals surface area contributed by atoms with E-state index in [0.717, 1.165) is 22.1 Å². The minimum absolute atomic E-state index is 0.0293. The van der Waals surface area contributed by atoms with Crippen molar-refractivity contribution in [2.45, 2.75) is 57.9 Å². The molecule has 0 bridgehead atoms. The summed E-state index contributed by atoms with van der Waals surface area (Å²) >= 11 is 0. The number of benzene rings is 4. The second kappa shape index (κ2) is 19.4. The molecule has 0 saturated carbocycles. The van der Waals surface area contributed by atoms with Crippen LogP contribution in [-0.2, 0) is 38.7 Å². The molecule has 0 spiro atoms. The summed E-state index contributed by atoms with van der Waals surface area (Å²) in [6.07, 6.45) is 0.245. The molecule has 1 aromatic heterocycles. The van der Waals surface area contributed by atoms with Crippen LogP contribution in [0.3, 0.4) is 0 Å². The average Bonchev–Trinajstić information content (AvgIpc) is 3.16. The third kappa shape index (κ3) is 11.8. The lowest BCUT2D eigenvalue weighted by atomic mass is 10.0. The number of ether oxygens (including phenoxy) is 2. The number of nitrogens with two attached hydrogens (primary N) is 1. The minimum Gasteiger partial charge on any atom is -0.445 e. The van der Waals surface area contributed by atoms with Gasteiger partial charge in [-0.2, -0.15) is 0 Å². The van der Waals surface area contributed by atoms with Crippen molar-refractivity contribution in [1.29, 1.82) is 0 Å². The highest BCUT2D eigenvalue weighted by Crippen LogP contribution is 2.21. The van der Waals surface area contributed by atoms with Gasteiger partial charge in [0.25, 0.3) is 0 Å². The average molecular weight is 734 g/mol. The molecule has 4 aromatic carbocycles. The maximum Gasteiger partial charge on any atom is 0.411 e. The molecular formula is C41H43N5O8. The Morgan fingerprint density at radius 3 is 1.98 bits per heavy atom. The highest BCUT2D eigenvalue weighted by atomic mass is 16.6. The summed E-state index contributed by atoms with van der Waals surface area (Å²) in [5.41, 5.74) is 9.46. The molecule has 0 aliphatic rings. The molecule has 0 unspecified atom stereocenters. The van der Waals surface area contributed by atoms with Gasteiger partial charge in [-0.25, -0.2) is 14.4 Å². The lowest BCUT2D eigenvalue weighted by Gasteiger charge is -2.23. The van der Waals surface area contributed by atoms with Gasteiger partial charge in [0.15, 0.2) is 0 Å². The monoisotopic (exact) mass is 733 g/mol. The fourth-order valence-corrected chi connectivity index (χ4v) is 5.62. The van der Waals surface area contributed by atoms with Gasteiger partial charge >= 0.3 is 17.8 Å². The second-order valence-corrected chi connectivity index (χ2v) is 12.6. The van der Waals surface area contributed by atoms with Crippen molar-refractivity contribution >= 4 is 46.3 Å². The number of hydrogen-bond donors (Lipinski definition) is 5. The Morgan fingerprint density at radius 2 is 1.30 bits per heavy atom. The van der Waals surface area contributed by atoms with E-state index < -0.39 is 41.7 Å². The summed E-state index contributed by atoms with van der Waals surface area (Å²) in [7, 11) is 0. The van der Waals surface area contributed by atoms with Gasteiger partial charge in [-0.3, -0.25) is 14.9 Å². The molecule has 13 heteroatoms. The predicted molar refractivity (Wildman–Crippen MR) is 205 cm³/mol. The third-order valence-electron chi connectivity index (χ3n) is 8.47. The normalized spacial score (nSPS) is 11.9. The Morgan fingerprint density at radius 1 is 0.667 bits per heavy atom. The molecular weight excluding hydrogens is 690 g/mol. The number of anilines is 2. The summed E-state index contributed by atoms with van der Waals surface area (Å²) in [6, 6.07) is 29.5. The van der Waals surface area contributed by atoms with E-state index in [1.165, 1.54) is 6.07 Å². The third-order valence-corrected chi connectivity index (χ3v) is 8.47. The zero-order valence-corrected chi connectivity index (χ0v) is 29.8. The second-order valence-electron chi connectivity index (χ2n) is 12.6. The Hall–Kier alpha value is -6.47. The van der Waals surface area contributed by atoms with Crippen LogP contribution in [0.1, 0.15) is 41.5 Å². The Bertz CT molecular complexity index is 2090. The smallest absolute Gasteiger partial charge is 0.411 e. The van der Waals surface area contributed by atoms with E-state index >= 15 is 0 Å². The molecule has 0 radical (unpaired) electrons. The van der Waals surface area contributed by atoms with Gasteiger partial charge in [0.2, 0.25) is 11.8 Å². The van der Waals surface area contributed by atoms with Gasteiger partial charge in [-0.1, -0.05) is 72.8 Å². The van der Waals surface area contributed by atoms with Gasteiger partial charge in [0.05, 0.1) is 0 Å². The van der Waals surface area contributed by atoms with Crippen LogP contribution in [0.25, 0.3) is 11.0 Å². The van der Waals surface area contributed by atoms with E-state index in [9.17, 15) is 24.0 Å². The number of aryl methyl sites for hydroxylation is 1. The van der Waals surface area contributed by atoms with Crippen LogP contribution in [0.4, 0.5) is 21.0 Å². The summed E-state index contributed by atoms with van der Waals surface area (Å²) in [6.45, 7) is 2.20. The minimum atomic E-state index is -1.02. The molecule has 5 aromatic rings. The first-order valence-electron chi connectivity index (χ1n) is 17.6. The van der Waals surface area contributed by atoms with Crippen molar-refractivity contribution < 1.29 is 33.1 Å². The molecule has 1 heterocycles. The number of hydrogen-bond acceptors (Lipinski definition) is 9. The van der Waals surface area contributed by atoms with E-state index in [-0.39, 0.29) is 19.6 Å². The predicted octanol–water partition coefficient (Wildman–Crippen LogP) is 5.94.